The van der Waals surface area contributed by atoms with Crippen LogP contribution in [0, 0.1) is 18.7 Å². The Morgan fingerprint density at radius 2 is 1.91 bits per heavy atom. The Bertz CT molecular complexity index is 1840. The van der Waals surface area contributed by atoms with E-state index in [4.69, 9.17) is 9.72 Å². The van der Waals surface area contributed by atoms with Gasteiger partial charge in [-0.15, -0.1) is 0 Å². The number of halogens is 4. The first-order valence-corrected chi connectivity index (χ1v) is 14.1. The van der Waals surface area contributed by atoms with E-state index in [2.05, 4.69) is 5.32 Å². The van der Waals surface area contributed by atoms with Gasteiger partial charge < -0.3 is 24.8 Å². The molecule has 1 saturated carbocycles. The van der Waals surface area contributed by atoms with Gasteiger partial charge in [-0.25, -0.2) is 14.2 Å². The number of nitrogens with one attached hydrogen (secondary N) is 1. The van der Waals surface area contributed by atoms with Crippen molar-refractivity contribution in [2.24, 2.45) is 5.92 Å². The third kappa shape index (κ3) is 3.76. The minimum Gasteiger partial charge on any atom is -0.458 e. The number of rotatable bonds is 3. The second kappa shape index (κ2) is 8.85. The normalized spacial score (nSPS) is 27.2. The van der Waals surface area contributed by atoms with Gasteiger partial charge in [-0.05, 0) is 61.8 Å². The molecule has 13 heteroatoms. The average Bonchev–Trinajstić information content (AvgIpc) is 3.30. The van der Waals surface area contributed by atoms with E-state index >= 15 is 4.39 Å². The number of cyclic esters (lactones) is 1. The lowest BCUT2D eigenvalue weighted by Gasteiger charge is -2.43. The number of fused-ring (bicyclic) bond motifs is 5. The molecule has 226 valence electrons. The zero-order chi connectivity index (χ0) is 30.8. The lowest BCUT2D eigenvalue weighted by molar-refractivity contribution is -0.235. The van der Waals surface area contributed by atoms with E-state index < -0.39 is 65.4 Å². The molecule has 1 aromatic carbocycles. The molecule has 2 atom stereocenters. The monoisotopic (exact) mass is 601 g/mol. The van der Waals surface area contributed by atoms with Gasteiger partial charge in [-0.2, -0.15) is 13.2 Å². The molecule has 4 heterocycles. The number of amides is 1. The van der Waals surface area contributed by atoms with E-state index in [0.29, 0.717) is 45.4 Å². The Morgan fingerprint density at radius 3 is 2.58 bits per heavy atom. The number of nitrogens with zero attached hydrogens (tertiary/aromatic N) is 2. The highest BCUT2D eigenvalue weighted by molar-refractivity contribution is 5.94. The van der Waals surface area contributed by atoms with Gasteiger partial charge >= 0.3 is 12.1 Å². The van der Waals surface area contributed by atoms with Crippen LogP contribution in [0.2, 0.25) is 0 Å². The van der Waals surface area contributed by atoms with Crippen LogP contribution in [-0.4, -0.2) is 43.4 Å². The molecule has 2 aliphatic heterocycles. The first kappa shape index (κ1) is 28.0. The number of carbonyl (C=O) groups excluding carboxylic acids is 2. The Morgan fingerprint density at radius 1 is 1.19 bits per heavy atom. The topological polar surface area (TPSA) is 131 Å². The number of ether oxygens (including phenoxy) is 1. The Labute approximate surface area is 241 Å². The second-order valence-corrected chi connectivity index (χ2v) is 12.1. The highest BCUT2D eigenvalue weighted by Gasteiger charge is 2.59. The molecule has 1 fully saturated rings. The molecule has 0 spiro atoms. The SMILES string of the molecule is CC[C@@]1(O)C(=O)OCc2c1cc1n(c2=O)Cc2c-1nc1cc(F)c(C)c3c1c2[C@@H](NC(=O)C1(O)CC(C(F)(F)F)C1)CC3. The average molecular weight is 602 g/mol. The van der Waals surface area contributed by atoms with Gasteiger partial charge in [-0.1, -0.05) is 6.92 Å². The molecule has 9 nitrogen and oxygen atoms in total. The predicted octanol–water partition coefficient (Wildman–Crippen LogP) is 3.33. The lowest BCUT2D eigenvalue weighted by Crippen LogP contribution is -2.59. The van der Waals surface area contributed by atoms with Gasteiger partial charge in [-0.3, -0.25) is 9.59 Å². The molecule has 4 aliphatic rings. The molecular formula is C30H27F4N3O6. The summed E-state index contributed by atoms with van der Waals surface area (Å²) in [5.41, 5.74) is -1.47. The summed E-state index contributed by atoms with van der Waals surface area (Å²) in [6, 6.07) is 2.01. The Kier molecular flexibility index (Phi) is 5.76. The third-order valence-electron chi connectivity index (χ3n) is 9.74. The van der Waals surface area contributed by atoms with E-state index in [9.17, 15) is 37.8 Å². The Balaban J connectivity index is 1.38. The highest BCUT2D eigenvalue weighted by atomic mass is 19.4. The van der Waals surface area contributed by atoms with Crippen LogP contribution in [0.4, 0.5) is 17.6 Å². The second-order valence-electron chi connectivity index (χ2n) is 12.1. The molecule has 2 aliphatic carbocycles. The number of aryl methyl sites for hydroxylation is 1. The van der Waals surface area contributed by atoms with Gasteiger partial charge in [0.15, 0.2) is 5.60 Å². The van der Waals surface area contributed by atoms with Crippen molar-refractivity contribution in [1.82, 2.24) is 14.9 Å². The first-order valence-electron chi connectivity index (χ1n) is 14.1. The maximum Gasteiger partial charge on any atom is 0.392 e. The van der Waals surface area contributed by atoms with E-state index in [1.54, 1.807) is 13.8 Å². The van der Waals surface area contributed by atoms with Gasteiger partial charge in [0.2, 0.25) is 0 Å². The molecule has 7 rings (SSSR count). The van der Waals surface area contributed by atoms with Gasteiger partial charge in [0.05, 0.1) is 41.0 Å². The predicted molar refractivity (Wildman–Crippen MR) is 142 cm³/mol. The number of alkyl halides is 3. The summed E-state index contributed by atoms with van der Waals surface area (Å²) in [6.45, 7) is 2.90. The molecule has 43 heavy (non-hydrogen) atoms. The number of hydrogen-bond acceptors (Lipinski definition) is 7. The minimum absolute atomic E-state index is 0.0101. The lowest BCUT2D eigenvalue weighted by atomic mass is 9.69. The molecular weight excluding hydrogens is 574 g/mol. The number of carbonyl (C=O) groups is 2. The maximum atomic E-state index is 15.1. The van der Waals surface area contributed by atoms with Crippen molar-refractivity contribution in [2.75, 3.05) is 0 Å². The number of pyridine rings is 2. The van der Waals surface area contributed by atoms with Crippen LogP contribution in [0.1, 0.15) is 72.0 Å². The third-order valence-corrected chi connectivity index (χ3v) is 9.74. The maximum absolute atomic E-state index is 15.1. The van der Waals surface area contributed by atoms with E-state index in [-0.39, 0.29) is 42.6 Å². The van der Waals surface area contributed by atoms with E-state index in [0.717, 1.165) is 0 Å². The quantitative estimate of drug-likeness (QED) is 0.243. The minimum atomic E-state index is -4.52. The number of aromatic nitrogens is 2. The van der Waals surface area contributed by atoms with Gasteiger partial charge in [0, 0.05) is 22.6 Å². The van der Waals surface area contributed by atoms with Crippen molar-refractivity contribution < 1.29 is 42.1 Å². The van der Waals surface area contributed by atoms with Crippen LogP contribution in [0.15, 0.2) is 16.9 Å². The highest BCUT2D eigenvalue weighted by Crippen LogP contribution is 2.49. The molecule has 1 amide bonds. The first-order chi connectivity index (χ1) is 20.2. The molecule has 0 bridgehead atoms. The van der Waals surface area contributed by atoms with Crippen LogP contribution in [0.5, 0.6) is 0 Å². The van der Waals surface area contributed by atoms with E-state index in [1.807, 2.05) is 0 Å². The van der Waals surface area contributed by atoms with Gasteiger partial charge in [0.25, 0.3) is 11.5 Å². The van der Waals surface area contributed by atoms with Crippen LogP contribution < -0.4 is 10.9 Å². The summed E-state index contributed by atoms with van der Waals surface area (Å²) in [5.74, 6) is -4.07. The summed E-state index contributed by atoms with van der Waals surface area (Å²) in [5, 5.41) is 25.2. The van der Waals surface area contributed by atoms with E-state index in [1.165, 1.54) is 16.7 Å². The molecule has 3 aromatic rings. The van der Waals surface area contributed by atoms with Crippen molar-refractivity contribution in [2.45, 2.75) is 82.5 Å². The standard InChI is InChI=1S/C30H27F4N3O6/c1-3-29(42)17-6-21-24-15(10-37(21)25(38)16(17)11-43-27(29)40)23-19(36-26(39)28(41)8-13(9-28)30(32,33)34)5-4-14-12(2)18(31)7-20(35-24)22(14)23/h6-7,13,19,41-42H,3-5,8-11H2,1-2H3,(H,36,39)/t13?,19-,28?,29-/m0/s1. The molecule has 0 saturated heterocycles. The van der Waals surface area contributed by atoms with Crippen LogP contribution in [-0.2, 0) is 39.5 Å². The molecule has 3 N–H and O–H groups in total. The fourth-order valence-electron chi connectivity index (χ4n) is 7.16. The molecule has 0 radical (unpaired) electrons. The van der Waals surface area contributed by atoms with Crippen molar-refractivity contribution in [1.29, 1.82) is 0 Å². The molecule has 2 aromatic heterocycles. The van der Waals surface area contributed by atoms with Crippen molar-refractivity contribution in [3.05, 3.63) is 61.7 Å². The van der Waals surface area contributed by atoms with Gasteiger partial charge in [0.1, 0.15) is 18.0 Å². The summed E-state index contributed by atoms with van der Waals surface area (Å²) in [7, 11) is 0. The number of benzene rings is 1. The fourth-order valence-corrected chi connectivity index (χ4v) is 7.16. The zero-order valence-electron chi connectivity index (χ0n) is 23.2. The van der Waals surface area contributed by atoms with Crippen molar-refractivity contribution in [3.63, 3.8) is 0 Å². The number of aliphatic hydroxyl groups is 2. The van der Waals surface area contributed by atoms with Crippen LogP contribution in [0.25, 0.3) is 22.3 Å². The smallest absolute Gasteiger partial charge is 0.392 e. The summed E-state index contributed by atoms with van der Waals surface area (Å²) < 4.78 is 61.0. The van der Waals surface area contributed by atoms with Crippen LogP contribution in [0.3, 0.4) is 0 Å². The number of hydrogen-bond donors (Lipinski definition) is 3. The van der Waals surface area contributed by atoms with Crippen molar-refractivity contribution in [3.8, 4) is 11.4 Å². The number of esters is 1. The largest absolute Gasteiger partial charge is 0.458 e. The Hall–Kier alpha value is -3.84. The summed E-state index contributed by atoms with van der Waals surface area (Å²) in [4.78, 5) is 44.1. The molecule has 0 unspecified atom stereocenters. The summed E-state index contributed by atoms with van der Waals surface area (Å²) >= 11 is 0. The zero-order valence-corrected chi connectivity index (χ0v) is 23.2. The van der Waals surface area contributed by atoms with Crippen LogP contribution >= 0.6 is 0 Å². The summed E-state index contributed by atoms with van der Waals surface area (Å²) in [6.07, 6.45) is -5.45. The fraction of sp³-hybridized carbons (Fsp3) is 0.467. The van der Waals surface area contributed by atoms with Crippen molar-refractivity contribution >= 4 is 22.8 Å².